The van der Waals surface area contributed by atoms with E-state index in [4.69, 9.17) is 9.68 Å². The number of rotatable bonds is 3. The number of hydrogen-bond donors (Lipinski definition) is 0. The highest BCUT2D eigenvalue weighted by molar-refractivity contribution is 6.02. The Morgan fingerprint density at radius 2 is 2.24 bits per heavy atom. The zero-order valence-corrected chi connectivity index (χ0v) is 11.2. The van der Waals surface area contributed by atoms with E-state index in [0.29, 0.717) is 11.4 Å². The van der Waals surface area contributed by atoms with Crippen LogP contribution in [0.25, 0.3) is 6.08 Å². The molecule has 0 aliphatic carbocycles. The number of nitrogens with zero attached hydrogens (tertiary/aromatic N) is 4. The van der Waals surface area contributed by atoms with E-state index in [1.807, 2.05) is 0 Å². The molecule has 0 N–H and O–H groups in total. The highest BCUT2D eigenvalue weighted by Gasteiger charge is 2.17. The summed E-state index contributed by atoms with van der Waals surface area (Å²) in [4.78, 5) is 22.0. The van der Waals surface area contributed by atoms with Crippen LogP contribution in [0.2, 0.25) is 0 Å². The summed E-state index contributed by atoms with van der Waals surface area (Å²) in [6.07, 6.45) is 1.14. The van der Waals surface area contributed by atoms with Gasteiger partial charge in [-0.3, -0.25) is 14.9 Å². The average Bonchev–Trinajstić information content (AvgIpc) is 3.02. The van der Waals surface area contributed by atoms with Gasteiger partial charge in [0.25, 0.3) is 5.91 Å². The number of furan rings is 1. The van der Waals surface area contributed by atoms with Crippen LogP contribution in [-0.2, 0) is 0 Å². The minimum Gasteiger partial charge on any atom is -0.401 e. The number of hydrogen-bond acceptors (Lipinski definition) is 6. The molecule has 2 rings (SSSR count). The van der Waals surface area contributed by atoms with E-state index in [-0.39, 0.29) is 11.3 Å². The van der Waals surface area contributed by atoms with Crippen molar-refractivity contribution in [3.05, 3.63) is 51.0 Å². The van der Waals surface area contributed by atoms with E-state index in [9.17, 15) is 14.9 Å². The van der Waals surface area contributed by atoms with Gasteiger partial charge in [-0.15, -0.1) is 0 Å². The highest BCUT2D eigenvalue weighted by atomic mass is 16.6. The van der Waals surface area contributed by atoms with Crippen LogP contribution in [0.3, 0.4) is 0 Å². The molecule has 0 radical (unpaired) electrons. The first-order valence-corrected chi connectivity index (χ1v) is 5.86. The third-order valence-electron chi connectivity index (χ3n) is 2.63. The van der Waals surface area contributed by atoms with Gasteiger partial charge in [-0.05, 0) is 26.0 Å². The lowest BCUT2D eigenvalue weighted by molar-refractivity contribution is -0.402. The third kappa shape index (κ3) is 2.87. The number of allylic oxidation sites excluding steroid dienone is 1. The van der Waals surface area contributed by atoms with Gasteiger partial charge in [0.1, 0.15) is 22.3 Å². The minimum atomic E-state index is -0.702. The molecule has 0 aliphatic heterocycles. The van der Waals surface area contributed by atoms with Crippen molar-refractivity contribution in [3.63, 3.8) is 0 Å². The van der Waals surface area contributed by atoms with Gasteiger partial charge in [0.2, 0.25) is 0 Å². The summed E-state index contributed by atoms with van der Waals surface area (Å²) >= 11 is 0. The fourth-order valence-corrected chi connectivity index (χ4v) is 1.75. The van der Waals surface area contributed by atoms with Crippen LogP contribution >= 0.6 is 0 Å². The predicted octanol–water partition coefficient (Wildman–Crippen LogP) is 2.25. The second-order valence-corrected chi connectivity index (χ2v) is 4.25. The van der Waals surface area contributed by atoms with Gasteiger partial charge in [0.15, 0.2) is 0 Å². The Labute approximate surface area is 119 Å². The first-order chi connectivity index (χ1) is 9.92. The number of carbonyl (C=O) groups is 1. The third-order valence-corrected chi connectivity index (χ3v) is 2.63. The first kappa shape index (κ1) is 14.2. The smallest absolute Gasteiger partial charge is 0.401 e. The summed E-state index contributed by atoms with van der Waals surface area (Å²) < 4.78 is 5.99. The van der Waals surface area contributed by atoms with Crippen molar-refractivity contribution in [3.8, 4) is 6.07 Å². The van der Waals surface area contributed by atoms with E-state index in [1.165, 1.54) is 6.07 Å². The van der Waals surface area contributed by atoms with Crippen LogP contribution in [0.5, 0.6) is 0 Å². The van der Waals surface area contributed by atoms with Crippen molar-refractivity contribution in [2.45, 2.75) is 13.8 Å². The molecule has 0 bridgehead atoms. The van der Waals surface area contributed by atoms with E-state index in [1.54, 1.807) is 26.0 Å². The number of carbonyl (C=O) groups excluding carboxylic acids is 1. The molecule has 0 fully saturated rings. The molecular weight excluding hydrogens is 276 g/mol. The quantitative estimate of drug-likeness (QED) is 0.370. The van der Waals surface area contributed by atoms with Gasteiger partial charge >= 0.3 is 5.88 Å². The van der Waals surface area contributed by atoms with Crippen LogP contribution in [0.1, 0.15) is 21.9 Å². The molecule has 0 saturated carbocycles. The molecule has 8 heteroatoms. The van der Waals surface area contributed by atoms with Crippen molar-refractivity contribution in [2.75, 3.05) is 0 Å². The SMILES string of the molecule is Cc1cc(C)n(C(=O)/C(C#N)=C/c2ccc([N+](=O)[O-])o2)n1. The molecule has 0 saturated heterocycles. The van der Waals surface area contributed by atoms with Crippen molar-refractivity contribution in [2.24, 2.45) is 0 Å². The Hall–Kier alpha value is -3.21. The second-order valence-electron chi connectivity index (χ2n) is 4.25. The molecule has 0 amide bonds. The molecular formula is C13H10N4O4. The molecule has 106 valence electrons. The number of nitriles is 1. The van der Waals surface area contributed by atoms with Gasteiger partial charge in [0, 0.05) is 11.8 Å². The molecule has 0 atom stereocenters. The summed E-state index contributed by atoms with van der Waals surface area (Å²) in [6, 6.07) is 5.90. The summed E-state index contributed by atoms with van der Waals surface area (Å²) in [5.41, 5.74) is 1.00. The van der Waals surface area contributed by atoms with Crippen molar-refractivity contribution in [1.29, 1.82) is 5.26 Å². The maximum atomic E-state index is 12.2. The molecule has 0 aromatic carbocycles. The topological polar surface area (TPSA) is 115 Å². The lowest BCUT2D eigenvalue weighted by Crippen LogP contribution is -2.15. The number of aromatic nitrogens is 2. The van der Waals surface area contributed by atoms with Crippen molar-refractivity contribution < 1.29 is 14.1 Å². The normalized spacial score (nSPS) is 11.2. The van der Waals surface area contributed by atoms with Gasteiger partial charge in [-0.2, -0.15) is 10.4 Å². The van der Waals surface area contributed by atoms with Crippen molar-refractivity contribution in [1.82, 2.24) is 9.78 Å². The lowest BCUT2D eigenvalue weighted by Gasteiger charge is -2.00. The van der Waals surface area contributed by atoms with Gasteiger partial charge in [0.05, 0.1) is 11.8 Å². The summed E-state index contributed by atoms with van der Waals surface area (Å²) in [7, 11) is 0. The largest absolute Gasteiger partial charge is 0.433 e. The average molecular weight is 286 g/mol. The van der Waals surface area contributed by atoms with E-state index < -0.39 is 16.7 Å². The number of nitro groups is 1. The summed E-state index contributed by atoms with van der Waals surface area (Å²) in [6.45, 7) is 3.41. The van der Waals surface area contributed by atoms with Gasteiger partial charge in [-0.1, -0.05) is 0 Å². The molecule has 0 unspecified atom stereocenters. The van der Waals surface area contributed by atoms with Crippen LogP contribution in [0, 0.1) is 35.3 Å². The maximum absolute atomic E-state index is 12.2. The standard InChI is InChI=1S/C13H10N4O4/c1-8-5-9(2)16(15-8)13(18)10(7-14)6-11-3-4-12(21-11)17(19)20/h3-6H,1-2H3/b10-6+. The monoisotopic (exact) mass is 286 g/mol. The first-order valence-electron chi connectivity index (χ1n) is 5.86. The molecule has 0 aliphatic rings. The van der Waals surface area contributed by atoms with Gasteiger partial charge in [-0.25, -0.2) is 4.68 Å². The molecule has 2 heterocycles. The van der Waals surface area contributed by atoms with Crippen LogP contribution in [0.15, 0.2) is 28.2 Å². The number of aryl methyl sites for hydroxylation is 2. The Kier molecular flexibility index (Phi) is 3.67. The van der Waals surface area contributed by atoms with E-state index in [2.05, 4.69) is 5.10 Å². The van der Waals surface area contributed by atoms with E-state index in [0.717, 1.165) is 16.8 Å². The fourth-order valence-electron chi connectivity index (χ4n) is 1.75. The predicted molar refractivity (Wildman–Crippen MR) is 71.3 cm³/mol. The Morgan fingerprint density at radius 3 is 2.71 bits per heavy atom. The maximum Gasteiger partial charge on any atom is 0.433 e. The van der Waals surface area contributed by atoms with Crippen molar-refractivity contribution >= 4 is 17.9 Å². The molecule has 21 heavy (non-hydrogen) atoms. The Bertz CT molecular complexity index is 791. The molecule has 2 aromatic heterocycles. The zero-order valence-electron chi connectivity index (χ0n) is 11.2. The molecule has 8 nitrogen and oxygen atoms in total. The lowest BCUT2D eigenvalue weighted by atomic mass is 10.2. The Morgan fingerprint density at radius 1 is 1.52 bits per heavy atom. The Balaban J connectivity index is 2.37. The summed E-state index contributed by atoms with van der Waals surface area (Å²) in [5.74, 6) is -1.03. The van der Waals surface area contributed by atoms with Crippen LogP contribution < -0.4 is 0 Å². The highest BCUT2D eigenvalue weighted by Crippen LogP contribution is 2.18. The molecule has 2 aromatic rings. The van der Waals surface area contributed by atoms with Crippen LogP contribution in [0.4, 0.5) is 5.88 Å². The second kappa shape index (κ2) is 5.42. The van der Waals surface area contributed by atoms with Gasteiger partial charge < -0.3 is 4.42 Å². The molecule has 0 spiro atoms. The summed E-state index contributed by atoms with van der Waals surface area (Å²) in [5, 5.41) is 23.6. The fraction of sp³-hybridized carbons (Fsp3) is 0.154. The van der Waals surface area contributed by atoms with Crippen LogP contribution in [-0.4, -0.2) is 20.6 Å². The minimum absolute atomic E-state index is 0.0492. The zero-order chi connectivity index (χ0) is 15.6. The van der Waals surface area contributed by atoms with E-state index >= 15 is 0 Å².